The van der Waals surface area contributed by atoms with Gasteiger partial charge in [-0.05, 0) is 49.1 Å². The van der Waals surface area contributed by atoms with Crippen LogP contribution >= 0.6 is 11.3 Å². The Morgan fingerprint density at radius 1 is 1.15 bits per heavy atom. The van der Waals surface area contributed by atoms with Gasteiger partial charge in [-0.3, -0.25) is 0 Å². The molecule has 1 aromatic heterocycles. The number of aryl methyl sites for hydroxylation is 3. The van der Waals surface area contributed by atoms with Gasteiger partial charge in [0.05, 0.1) is 0 Å². The first-order valence-electron chi connectivity index (χ1n) is 7.22. The van der Waals surface area contributed by atoms with Gasteiger partial charge in [0.2, 0.25) is 0 Å². The van der Waals surface area contributed by atoms with Gasteiger partial charge in [0.1, 0.15) is 10.0 Å². The Morgan fingerprint density at radius 3 is 2.45 bits per heavy atom. The van der Waals surface area contributed by atoms with E-state index < -0.39 is 0 Å². The number of rotatable bonds is 6. The van der Waals surface area contributed by atoms with Crippen molar-refractivity contribution in [1.29, 1.82) is 0 Å². The zero-order valence-electron chi connectivity index (χ0n) is 12.6. The van der Waals surface area contributed by atoms with Crippen molar-refractivity contribution < 1.29 is 0 Å². The largest absolute Gasteiger partial charge is 0.147 e. The molecule has 0 saturated heterocycles. The number of hydrogen-bond donors (Lipinski definition) is 0. The van der Waals surface area contributed by atoms with Crippen LogP contribution in [0.3, 0.4) is 0 Å². The lowest BCUT2D eigenvalue weighted by Gasteiger charge is -2.07. The van der Waals surface area contributed by atoms with Crippen LogP contribution in [0.1, 0.15) is 47.9 Å². The minimum Gasteiger partial charge on any atom is -0.143 e. The molecule has 0 fully saturated rings. The van der Waals surface area contributed by atoms with Crippen LogP contribution in [-0.4, -0.2) is 10.2 Å². The van der Waals surface area contributed by atoms with E-state index in [1.807, 2.05) is 6.08 Å². The van der Waals surface area contributed by atoms with Crippen molar-refractivity contribution in [1.82, 2.24) is 10.2 Å². The molecule has 1 aromatic carbocycles. The third-order valence-corrected chi connectivity index (χ3v) is 4.54. The highest BCUT2D eigenvalue weighted by atomic mass is 32.1. The molecule has 0 atom stereocenters. The van der Waals surface area contributed by atoms with Gasteiger partial charge in [-0.25, -0.2) is 0 Å². The topological polar surface area (TPSA) is 25.8 Å². The van der Waals surface area contributed by atoms with Gasteiger partial charge in [0.15, 0.2) is 0 Å². The Bertz CT molecular complexity index is 576. The predicted octanol–water partition coefficient (Wildman–Crippen LogP) is 5.20. The van der Waals surface area contributed by atoms with E-state index in [1.165, 1.54) is 41.5 Å². The lowest BCUT2D eigenvalue weighted by Crippen LogP contribution is -1.88. The third-order valence-electron chi connectivity index (χ3n) is 3.51. The van der Waals surface area contributed by atoms with Crippen LogP contribution in [-0.2, 0) is 6.42 Å². The van der Waals surface area contributed by atoms with Crippen LogP contribution in [0.4, 0.5) is 0 Å². The zero-order chi connectivity index (χ0) is 14.5. The molecule has 20 heavy (non-hydrogen) atoms. The summed E-state index contributed by atoms with van der Waals surface area (Å²) >= 11 is 1.72. The standard InChI is InChI=1S/C17H22N2S/c1-5-7-8-9-16-18-19-17(20-16)14-10-12(3)15(6-2)13(4)11-14/h6,10-11H,2,5,7-9H2,1,3-4H3. The average molecular weight is 286 g/mol. The fourth-order valence-electron chi connectivity index (χ4n) is 2.42. The molecule has 0 aliphatic carbocycles. The van der Waals surface area contributed by atoms with Crippen molar-refractivity contribution in [3.63, 3.8) is 0 Å². The summed E-state index contributed by atoms with van der Waals surface area (Å²) < 4.78 is 0. The summed E-state index contributed by atoms with van der Waals surface area (Å²) in [5.41, 5.74) is 4.89. The van der Waals surface area contributed by atoms with E-state index in [4.69, 9.17) is 0 Å². The SMILES string of the molecule is C=Cc1c(C)cc(-c2nnc(CCCCC)s2)cc1C. The van der Waals surface area contributed by atoms with Crippen molar-refractivity contribution in [2.75, 3.05) is 0 Å². The highest BCUT2D eigenvalue weighted by Gasteiger charge is 2.09. The van der Waals surface area contributed by atoms with Gasteiger partial charge < -0.3 is 0 Å². The van der Waals surface area contributed by atoms with Crippen LogP contribution in [0.15, 0.2) is 18.7 Å². The molecule has 1 heterocycles. The fraction of sp³-hybridized carbons (Fsp3) is 0.412. The molecule has 2 nitrogen and oxygen atoms in total. The molecule has 2 rings (SSSR count). The van der Waals surface area contributed by atoms with Crippen molar-refractivity contribution in [3.05, 3.63) is 40.4 Å². The molecule has 0 bridgehead atoms. The highest BCUT2D eigenvalue weighted by Crippen LogP contribution is 2.28. The van der Waals surface area contributed by atoms with E-state index >= 15 is 0 Å². The first-order chi connectivity index (χ1) is 9.65. The molecular formula is C17H22N2S. The summed E-state index contributed by atoms with van der Waals surface area (Å²) in [5.74, 6) is 0. The maximum absolute atomic E-state index is 4.35. The molecule has 0 aliphatic heterocycles. The normalized spacial score (nSPS) is 10.8. The smallest absolute Gasteiger partial charge is 0.143 e. The van der Waals surface area contributed by atoms with E-state index in [-0.39, 0.29) is 0 Å². The van der Waals surface area contributed by atoms with Crippen LogP contribution in [0.25, 0.3) is 16.6 Å². The Hall–Kier alpha value is -1.48. The van der Waals surface area contributed by atoms with Crippen LogP contribution in [0, 0.1) is 13.8 Å². The van der Waals surface area contributed by atoms with E-state index in [0.29, 0.717) is 0 Å². The monoisotopic (exact) mass is 286 g/mol. The second kappa shape index (κ2) is 6.80. The third kappa shape index (κ3) is 3.34. The van der Waals surface area contributed by atoms with Crippen molar-refractivity contribution in [2.45, 2.75) is 46.5 Å². The van der Waals surface area contributed by atoms with Gasteiger partial charge in [-0.1, -0.05) is 43.8 Å². The number of hydrogen-bond acceptors (Lipinski definition) is 3. The quantitative estimate of drug-likeness (QED) is 0.682. The first kappa shape index (κ1) is 14.9. The molecule has 0 aliphatic rings. The van der Waals surface area contributed by atoms with Gasteiger partial charge in [-0.15, -0.1) is 10.2 Å². The Kier molecular flexibility index (Phi) is 5.07. The van der Waals surface area contributed by atoms with E-state index in [1.54, 1.807) is 11.3 Å². The van der Waals surface area contributed by atoms with Crippen molar-refractivity contribution in [2.24, 2.45) is 0 Å². The summed E-state index contributed by atoms with van der Waals surface area (Å²) in [6.45, 7) is 10.3. The maximum atomic E-state index is 4.35. The van der Waals surface area contributed by atoms with E-state index in [9.17, 15) is 0 Å². The Labute approximate surface area is 125 Å². The molecule has 0 radical (unpaired) electrons. The van der Waals surface area contributed by atoms with Crippen molar-refractivity contribution >= 4 is 17.4 Å². The summed E-state index contributed by atoms with van der Waals surface area (Å²) in [6, 6.07) is 4.36. The van der Waals surface area contributed by atoms with Crippen LogP contribution < -0.4 is 0 Å². The van der Waals surface area contributed by atoms with E-state index in [0.717, 1.165) is 16.4 Å². The molecule has 0 unspecified atom stereocenters. The molecule has 3 heteroatoms. The van der Waals surface area contributed by atoms with Gasteiger partial charge in [0, 0.05) is 12.0 Å². The summed E-state index contributed by atoms with van der Waals surface area (Å²) in [4.78, 5) is 0. The number of benzene rings is 1. The summed E-state index contributed by atoms with van der Waals surface area (Å²) in [7, 11) is 0. The Morgan fingerprint density at radius 2 is 1.85 bits per heavy atom. The van der Waals surface area contributed by atoms with Gasteiger partial charge in [0.25, 0.3) is 0 Å². The summed E-state index contributed by atoms with van der Waals surface area (Å²) in [6.07, 6.45) is 6.69. The molecule has 0 saturated carbocycles. The number of nitrogens with zero attached hydrogens (tertiary/aromatic N) is 2. The van der Waals surface area contributed by atoms with Crippen LogP contribution in [0.2, 0.25) is 0 Å². The molecule has 106 valence electrons. The number of unbranched alkanes of at least 4 members (excludes halogenated alkanes) is 2. The predicted molar refractivity (Wildman–Crippen MR) is 88.1 cm³/mol. The second-order valence-corrected chi connectivity index (χ2v) is 6.25. The lowest BCUT2D eigenvalue weighted by atomic mass is 10.00. The van der Waals surface area contributed by atoms with Crippen LogP contribution in [0.5, 0.6) is 0 Å². The van der Waals surface area contributed by atoms with E-state index in [2.05, 4.69) is 49.7 Å². The molecule has 0 amide bonds. The van der Waals surface area contributed by atoms with Gasteiger partial charge in [-0.2, -0.15) is 0 Å². The fourth-order valence-corrected chi connectivity index (χ4v) is 3.29. The molecule has 2 aromatic rings. The first-order valence-corrected chi connectivity index (χ1v) is 8.03. The minimum atomic E-state index is 1.03. The molecular weight excluding hydrogens is 264 g/mol. The Balaban J connectivity index is 2.22. The van der Waals surface area contributed by atoms with Gasteiger partial charge >= 0.3 is 0 Å². The second-order valence-electron chi connectivity index (χ2n) is 5.19. The highest BCUT2D eigenvalue weighted by molar-refractivity contribution is 7.14. The summed E-state index contributed by atoms with van der Waals surface area (Å²) in [5, 5.41) is 10.8. The maximum Gasteiger partial charge on any atom is 0.147 e. The molecule has 0 spiro atoms. The van der Waals surface area contributed by atoms with Crippen molar-refractivity contribution in [3.8, 4) is 10.6 Å². The molecule has 0 N–H and O–H groups in total. The number of aromatic nitrogens is 2. The lowest BCUT2D eigenvalue weighted by molar-refractivity contribution is 0.710. The average Bonchev–Trinajstić information content (AvgIpc) is 2.87. The zero-order valence-corrected chi connectivity index (χ0v) is 13.4. The minimum absolute atomic E-state index is 1.03.